The van der Waals surface area contributed by atoms with Gasteiger partial charge in [-0.3, -0.25) is 0 Å². The maximum atomic E-state index is 10.6. The first kappa shape index (κ1) is 6.14. The van der Waals surface area contributed by atoms with Crippen molar-refractivity contribution in [3.63, 3.8) is 0 Å². The monoisotopic (exact) mass is 136 g/mol. The van der Waals surface area contributed by atoms with Gasteiger partial charge in [-0.05, 0) is 24.2 Å². The molecule has 0 N–H and O–H groups in total. The minimum absolute atomic E-state index is 0.329. The van der Waals surface area contributed by atoms with Crippen LogP contribution in [0.1, 0.15) is 13.3 Å². The molecule has 0 aromatic heterocycles. The molecule has 0 radical (unpaired) electrons. The molecule has 0 saturated heterocycles. The van der Waals surface area contributed by atoms with Gasteiger partial charge in [0, 0.05) is 5.92 Å². The molecule has 0 aliphatic heterocycles. The number of aldehydes is 1. The van der Waals surface area contributed by atoms with E-state index >= 15 is 0 Å². The average molecular weight is 136 g/mol. The van der Waals surface area contributed by atoms with E-state index in [4.69, 9.17) is 0 Å². The van der Waals surface area contributed by atoms with Crippen molar-refractivity contribution in [1.82, 2.24) is 0 Å². The molecule has 1 nitrogen and oxygen atoms in total. The summed E-state index contributed by atoms with van der Waals surface area (Å²) in [6, 6.07) is 0. The average Bonchev–Trinajstić information content (AvgIpc) is 2.46. The normalized spacial score (nSPS) is 50.1. The molecule has 0 unspecified atom stereocenters. The Morgan fingerprint density at radius 2 is 2.10 bits per heavy atom. The van der Waals surface area contributed by atoms with Crippen LogP contribution >= 0.6 is 0 Å². The van der Waals surface area contributed by atoms with Crippen LogP contribution in [0.25, 0.3) is 0 Å². The van der Waals surface area contributed by atoms with Crippen molar-refractivity contribution in [2.24, 2.45) is 23.7 Å². The van der Waals surface area contributed by atoms with Crippen molar-refractivity contribution >= 4 is 6.29 Å². The van der Waals surface area contributed by atoms with E-state index in [1.807, 2.05) is 0 Å². The van der Waals surface area contributed by atoms with Crippen LogP contribution in [0, 0.1) is 23.7 Å². The zero-order chi connectivity index (χ0) is 7.14. The van der Waals surface area contributed by atoms with E-state index in [9.17, 15) is 4.79 Å². The minimum Gasteiger partial charge on any atom is -0.303 e. The second kappa shape index (κ2) is 1.94. The Kier molecular flexibility index (Phi) is 1.19. The zero-order valence-electron chi connectivity index (χ0n) is 6.16. The van der Waals surface area contributed by atoms with Gasteiger partial charge in [0.1, 0.15) is 6.29 Å². The van der Waals surface area contributed by atoms with Crippen LogP contribution in [0.4, 0.5) is 0 Å². The predicted molar refractivity (Wildman–Crippen MR) is 39.5 cm³/mol. The SMILES string of the molecule is C[C@H]1[C@H](C=O)[C@H]2C=C[C@H]1C2. The summed E-state index contributed by atoms with van der Waals surface area (Å²) in [7, 11) is 0. The van der Waals surface area contributed by atoms with E-state index in [0.717, 1.165) is 6.29 Å². The van der Waals surface area contributed by atoms with Crippen molar-refractivity contribution in [2.45, 2.75) is 13.3 Å². The molecule has 2 bridgehead atoms. The van der Waals surface area contributed by atoms with Gasteiger partial charge in [-0.2, -0.15) is 0 Å². The summed E-state index contributed by atoms with van der Waals surface area (Å²) >= 11 is 0. The molecule has 0 spiro atoms. The number of carbonyl (C=O) groups is 1. The summed E-state index contributed by atoms with van der Waals surface area (Å²) in [6.07, 6.45) is 6.85. The van der Waals surface area contributed by atoms with E-state index in [2.05, 4.69) is 19.1 Å². The summed E-state index contributed by atoms with van der Waals surface area (Å²) < 4.78 is 0. The first-order valence-corrected chi connectivity index (χ1v) is 3.96. The second-order valence-corrected chi connectivity index (χ2v) is 3.52. The third kappa shape index (κ3) is 0.606. The van der Waals surface area contributed by atoms with Gasteiger partial charge in [-0.1, -0.05) is 19.1 Å². The van der Waals surface area contributed by atoms with Gasteiger partial charge in [0.25, 0.3) is 0 Å². The Bertz CT molecular complexity index is 183. The summed E-state index contributed by atoms with van der Waals surface area (Å²) in [6.45, 7) is 2.19. The van der Waals surface area contributed by atoms with Crippen LogP contribution in [-0.4, -0.2) is 6.29 Å². The lowest BCUT2D eigenvalue weighted by Crippen LogP contribution is -2.17. The summed E-state index contributed by atoms with van der Waals surface area (Å²) in [5.74, 6) is 2.22. The Morgan fingerprint density at radius 3 is 2.50 bits per heavy atom. The number of hydrogen-bond acceptors (Lipinski definition) is 1. The minimum atomic E-state index is 0.329. The fourth-order valence-electron chi connectivity index (χ4n) is 2.33. The lowest BCUT2D eigenvalue weighted by molar-refractivity contribution is -0.112. The first-order valence-electron chi connectivity index (χ1n) is 3.96. The molecular formula is C9H12O. The van der Waals surface area contributed by atoms with E-state index in [1.165, 1.54) is 6.42 Å². The van der Waals surface area contributed by atoms with Gasteiger partial charge < -0.3 is 4.79 Å². The number of carbonyl (C=O) groups excluding carboxylic acids is 1. The third-order valence-electron chi connectivity index (χ3n) is 3.08. The highest BCUT2D eigenvalue weighted by Gasteiger charge is 2.41. The maximum Gasteiger partial charge on any atom is 0.123 e. The van der Waals surface area contributed by atoms with Crippen molar-refractivity contribution in [2.75, 3.05) is 0 Å². The fraction of sp³-hybridized carbons (Fsp3) is 0.667. The van der Waals surface area contributed by atoms with Gasteiger partial charge in [0.15, 0.2) is 0 Å². The predicted octanol–water partition coefficient (Wildman–Crippen LogP) is 1.64. The highest BCUT2D eigenvalue weighted by atomic mass is 16.1. The van der Waals surface area contributed by atoms with Crippen molar-refractivity contribution < 1.29 is 4.79 Å². The third-order valence-corrected chi connectivity index (χ3v) is 3.08. The summed E-state index contributed by atoms with van der Waals surface area (Å²) in [5, 5.41) is 0. The number of hydrogen-bond donors (Lipinski definition) is 0. The lowest BCUT2D eigenvalue weighted by atomic mass is 9.86. The highest BCUT2D eigenvalue weighted by Crippen LogP contribution is 2.46. The van der Waals surface area contributed by atoms with Gasteiger partial charge >= 0.3 is 0 Å². The molecule has 0 heterocycles. The molecular weight excluding hydrogens is 124 g/mol. The molecule has 54 valence electrons. The van der Waals surface area contributed by atoms with Gasteiger partial charge in [-0.25, -0.2) is 0 Å². The van der Waals surface area contributed by atoms with Gasteiger partial charge in [0.2, 0.25) is 0 Å². The van der Waals surface area contributed by atoms with Crippen LogP contribution in [0.15, 0.2) is 12.2 Å². The Labute approximate surface area is 61.1 Å². The van der Waals surface area contributed by atoms with Crippen molar-refractivity contribution in [1.29, 1.82) is 0 Å². The largest absolute Gasteiger partial charge is 0.303 e. The molecule has 0 aromatic rings. The molecule has 1 fully saturated rings. The Balaban J connectivity index is 2.25. The molecule has 2 aliphatic carbocycles. The summed E-state index contributed by atoms with van der Waals surface area (Å²) in [4.78, 5) is 10.6. The fourth-order valence-corrected chi connectivity index (χ4v) is 2.33. The molecule has 0 amide bonds. The Morgan fingerprint density at radius 1 is 1.40 bits per heavy atom. The Hall–Kier alpha value is -0.590. The van der Waals surface area contributed by atoms with Crippen molar-refractivity contribution in [3.05, 3.63) is 12.2 Å². The standard InChI is InChI=1S/C9H12O/c1-6-7-2-3-8(4-7)9(6)5-10/h2-3,5-9H,4H2,1H3/t6-,7+,8+,9+/m1/s1. The molecule has 2 aliphatic rings. The number of rotatable bonds is 1. The smallest absolute Gasteiger partial charge is 0.123 e. The van der Waals surface area contributed by atoms with Crippen LogP contribution in [-0.2, 0) is 4.79 Å². The van der Waals surface area contributed by atoms with Crippen LogP contribution in [0.5, 0.6) is 0 Å². The molecule has 2 rings (SSSR count). The first-order chi connectivity index (χ1) is 4.83. The molecule has 4 atom stereocenters. The van der Waals surface area contributed by atoms with E-state index in [1.54, 1.807) is 0 Å². The zero-order valence-corrected chi connectivity index (χ0v) is 6.16. The quantitative estimate of drug-likeness (QED) is 0.395. The molecule has 1 heteroatoms. The number of allylic oxidation sites excluding steroid dienone is 2. The molecule has 1 saturated carbocycles. The van der Waals surface area contributed by atoms with Gasteiger partial charge in [-0.15, -0.1) is 0 Å². The van der Waals surface area contributed by atoms with E-state index in [-0.39, 0.29) is 0 Å². The number of fused-ring (bicyclic) bond motifs is 2. The van der Waals surface area contributed by atoms with E-state index in [0.29, 0.717) is 23.7 Å². The maximum absolute atomic E-state index is 10.6. The van der Waals surface area contributed by atoms with Crippen LogP contribution in [0.2, 0.25) is 0 Å². The van der Waals surface area contributed by atoms with Crippen LogP contribution in [0.3, 0.4) is 0 Å². The molecule has 10 heavy (non-hydrogen) atoms. The van der Waals surface area contributed by atoms with E-state index < -0.39 is 0 Å². The second-order valence-electron chi connectivity index (χ2n) is 3.52. The summed E-state index contributed by atoms with van der Waals surface area (Å²) in [5.41, 5.74) is 0. The van der Waals surface area contributed by atoms with Crippen LogP contribution < -0.4 is 0 Å². The van der Waals surface area contributed by atoms with Gasteiger partial charge in [0.05, 0.1) is 0 Å². The topological polar surface area (TPSA) is 17.1 Å². The van der Waals surface area contributed by atoms with Crippen molar-refractivity contribution in [3.8, 4) is 0 Å². The lowest BCUT2D eigenvalue weighted by Gasteiger charge is -2.18. The highest BCUT2D eigenvalue weighted by molar-refractivity contribution is 5.57. The molecule has 0 aromatic carbocycles.